The number of rotatable bonds is 7. The molecule has 0 unspecified atom stereocenters. The van der Waals surface area contributed by atoms with Crippen LogP contribution in [0.3, 0.4) is 0 Å². The van der Waals surface area contributed by atoms with Crippen LogP contribution >= 0.6 is 11.6 Å². The van der Waals surface area contributed by atoms with Crippen LogP contribution in [0.4, 0.5) is 11.4 Å². The molecule has 0 heterocycles. The average molecular weight is 374 g/mol. The van der Waals surface area contributed by atoms with Crippen molar-refractivity contribution in [2.24, 2.45) is 0 Å². The van der Waals surface area contributed by atoms with Crippen LogP contribution in [0.5, 0.6) is 0 Å². The molecule has 0 saturated heterocycles. The third kappa shape index (κ3) is 5.23. The molecular weight excluding hydrogens is 350 g/mol. The third-order valence-corrected chi connectivity index (χ3v) is 4.35. The van der Waals surface area contributed by atoms with Crippen molar-refractivity contribution < 1.29 is 9.59 Å². The maximum Gasteiger partial charge on any atom is 0.254 e. The molecule has 138 valence electrons. The van der Waals surface area contributed by atoms with Crippen molar-refractivity contribution in [2.75, 3.05) is 36.9 Å². The van der Waals surface area contributed by atoms with Crippen molar-refractivity contribution in [3.05, 3.63) is 59.1 Å². The highest BCUT2D eigenvalue weighted by atomic mass is 35.5. The van der Waals surface area contributed by atoms with E-state index in [9.17, 15) is 9.59 Å². The Morgan fingerprint density at radius 2 is 1.54 bits per heavy atom. The number of benzene rings is 2. The van der Waals surface area contributed by atoms with Crippen molar-refractivity contribution in [3.63, 3.8) is 0 Å². The van der Waals surface area contributed by atoms with Crippen LogP contribution in [0.25, 0.3) is 0 Å². The molecule has 2 amide bonds. The minimum Gasteiger partial charge on any atom is -0.372 e. The smallest absolute Gasteiger partial charge is 0.254 e. The van der Waals surface area contributed by atoms with Gasteiger partial charge in [0.1, 0.15) is 0 Å². The molecule has 0 saturated carbocycles. The van der Waals surface area contributed by atoms with Gasteiger partial charge in [0, 0.05) is 42.1 Å². The Kier molecular flexibility index (Phi) is 7.04. The first-order chi connectivity index (χ1) is 12.4. The highest BCUT2D eigenvalue weighted by Gasteiger charge is 2.15. The molecule has 2 rings (SSSR count). The van der Waals surface area contributed by atoms with E-state index in [1.54, 1.807) is 43.4 Å². The number of likely N-dealkylation sites (N-methyl/N-ethyl adjacent to an activating group) is 1. The first-order valence-electron chi connectivity index (χ1n) is 8.60. The largest absolute Gasteiger partial charge is 0.372 e. The first-order valence-corrected chi connectivity index (χ1v) is 8.98. The minimum atomic E-state index is -0.261. The predicted molar refractivity (Wildman–Crippen MR) is 107 cm³/mol. The summed E-state index contributed by atoms with van der Waals surface area (Å²) < 4.78 is 0. The first kappa shape index (κ1) is 19.8. The fourth-order valence-corrected chi connectivity index (χ4v) is 2.77. The minimum absolute atomic E-state index is 0.0285. The van der Waals surface area contributed by atoms with Gasteiger partial charge >= 0.3 is 0 Å². The molecule has 2 aromatic rings. The van der Waals surface area contributed by atoms with E-state index in [1.807, 2.05) is 12.1 Å². The lowest BCUT2D eigenvalue weighted by Crippen LogP contribution is -2.35. The number of hydrogen-bond donors (Lipinski definition) is 1. The van der Waals surface area contributed by atoms with Gasteiger partial charge in [-0.15, -0.1) is 0 Å². The highest BCUT2D eigenvalue weighted by Crippen LogP contribution is 2.16. The Bertz CT molecular complexity index is 741. The zero-order valence-electron chi connectivity index (χ0n) is 15.3. The van der Waals surface area contributed by atoms with Crippen LogP contribution < -0.4 is 10.2 Å². The lowest BCUT2D eigenvalue weighted by atomic mass is 10.1. The molecular formula is C20H24ClN3O2. The molecule has 26 heavy (non-hydrogen) atoms. The summed E-state index contributed by atoms with van der Waals surface area (Å²) in [4.78, 5) is 28.2. The van der Waals surface area contributed by atoms with E-state index < -0.39 is 0 Å². The quantitative estimate of drug-likeness (QED) is 0.800. The molecule has 2 aromatic carbocycles. The van der Waals surface area contributed by atoms with Gasteiger partial charge in [0.05, 0.1) is 6.54 Å². The van der Waals surface area contributed by atoms with Crippen molar-refractivity contribution >= 4 is 34.8 Å². The number of carbonyl (C=O) groups excluding carboxylic acids is 2. The van der Waals surface area contributed by atoms with Gasteiger partial charge in [-0.3, -0.25) is 9.59 Å². The number of amides is 2. The van der Waals surface area contributed by atoms with Gasteiger partial charge in [-0.05, 0) is 62.4 Å². The molecule has 0 aliphatic carbocycles. The summed E-state index contributed by atoms with van der Waals surface area (Å²) in [6.07, 6.45) is 0. The average Bonchev–Trinajstić information content (AvgIpc) is 2.64. The maximum absolute atomic E-state index is 12.5. The summed E-state index contributed by atoms with van der Waals surface area (Å²) in [5, 5.41) is 3.35. The number of nitrogens with zero attached hydrogens (tertiary/aromatic N) is 2. The summed E-state index contributed by atoms with van der Waals surface area (Å²) in [5.74, 6) is -0.453. The van der Waals surface area contributed by atoms with Crippen molar-refractivity contribution in [1.29, 1.82) is 0 Å². The Balaban J connectivity index is 1.95. The van der Waals surface area contributed by atoms with Crippen molar-refractivity contribution in [3.8, 4) is 0 Å². The van der Waals surface area contributed by atoms with E-state index in [2.05, 4.69) is 24.1 Å². The van der Waals surface area contributed by atoms with E-state index in [1.165, 1.54) is 4.90 Å². The molecule has 0 aliphatic rings. The lowest BCUT2D eigenvalue weighted by Gasteiger charge is -2.22. The molecule has 0 bridgehead atoms. The van der Waals surface area contributed by atoms with E-state index in [4.69, 9.17) is 11.6 Å². The second-order valence-electron chi connectivity index (χ2n) is 5.94. The van der Waals surface area contributed by atoms with E-state index in [-0.39, 0.29) is 18.4 Å². The monoisotopic (exact) mass is 373 g/mol. The van der Waals surface area contributed by atoms with Gasteiger partial charge in [-0.2, -0.15) is 0 Å². The van der Waals surface area contributed by atoms with Crippen LogP contribution in [0.2, 0.25) is 5.02 Å². The number of nitrogens with one attached hydrogen (secondary N) is 1. The summed E-state index contributed by atoms with van der Waals surface area (Å²) in [6, 6.07) is 14.3. The van der Waals surface area contributed by atoms with E-state index >= 15 is 0 Å². The lowest BCUT2D eigenvalue weighted by molar-refractivity contribution is -0.116. The second kappa shape index (κ2) is 9.25. The van der Waals surface area contributed by atoms with Gasteiger partial charge < -0.3 is 15.1 Å². The van der Waals surface area contributed by atoms with Gasteiger partial charge in [0.15, 0.2) is 0 Å². The molecule has 1 N–H and O–H groups in total. The zero-order chi connectivity index (χ0) is 19.1. The molecule has 0 radical (unpaired) electrons. The van der Waals surface area contributed by atoms with Gasteiger partial charge in [0.2, 0.25) is 5.91 Å². The predicted octanol–water partition coefficient (Wildman–Crippen LogP) is 3.90. The zero-order valence-corrected chi connectivity index (χ0v) is 16.1. The number of anilines is 2. The summed E-state index contributed by atoms with van der Waals surface area (Å²) in [7, 11) is 1.61. The Morgan fingerprint density at radius 3 is 2.08 bits per heavy atom. The van der Waals surface area contributed by atoms with Gasteiger partial charge in [-0.1, -0.05) is 11.6 Å². The normalized spacial score (nSPS) is 10.3. The van der Waals surface area contributed by atoms with Crippen LogP contribution in [-0.2, 0) is 4.79 Å². The van der Waals surface area contributed by atoms with Gasteiger partial charge in [0.25, 0.3) is 5.91 Å². The summed E-state index contributed by atoms with van der Waals surface area (Å²) >= 11 is 5.82. The summed E-state index contributed by atoms with van der Waals surface area (Å²) in [6.45, 7) is 5.98. The fourth-order valence-electron chi connectivity index (χ4n) is 2.64. The van der Waals surface area contributed by atoms with Crippen molar-refractivity contribution in [1.82, 2.24) is 4.90 Å². The summed E-state index contributed by atoms with van der Waals surface area (Å²) in [5.41, 5.74) is 2.28. The van der Waals surface area contributed by atoms with Crippen LogP contribution in [0.15, 0.2) is 48.5 Å². The molecule has 0 atom stereocenters. The Morgan fingerprint density at radius 1 is 0.962 bits per heavy atom. The Labute approximate surface area is 159 Å². The van der Waals surface area contributed by atoms with E-state index in [0.29, 0.717) is 16.3 Å². The molecule has 5 nitrogen and oxygen atoms in total. The molecule has 0 aromatic heterocycles. The topological polar surface area (TPSA) is 52.7 Å². The standard InChI is InChI=1S/C20H24ClN3O2/c1-4-24(5-2)18-12-6-15(7-13-18)20(26)23(3)14-19(25)22-17-10-8-16(21)9-11-17/h6-13H,4-5,14H2,1-3H3,(H,22,25). The highest BCUT2D eigenvalue weighted by molar-refractivity contribution is 6.30. The fraction of sp³-hybridized carbons (Fsp3) is 0.300. The van der Waals surface area contributed by atoms with E-state index in [0.717, 1.165) is 18.8 Å². The maximum atomic E-state index is 12.5. The van der Waals surface area contributed by atoms with Gasteiger partial charge in [-0.25, -0.2) is 0 Å². The number of halogens is 1. The third-order valence-electron chi connectivity index (χ3n) is 4.10. The number of carbonyl (C=O) groups is 2. The Hall–Kier alpha value is -2.53. The SMILES string of the molecule is CCN(CC)c1ccc(C(=O)N(C)CC(=O)Nc2ccc(Cl)cc2)cc1. The second-order valence-corrected chi connectivity index (χ2v) is 6.37. The molecule has 0 spiro atoms. The molecule has 0 aliphatic heterocycles. The van der Waals surface area contributed by atoms with Crippen LogP contribution in [0, 0.1) is 0 Å². The molecule has 6 heteroatoms. The van der Waals surface area contributed by atoms with Crippen molar-refractivity contribution in [2.45, 2.75) is 13.8 Å². The number of hydrogen-bond acceptors (Lipinski definition) is 3. The van der Waals surface area contributed by atoms with Crippen LogP contribution in [0.1, 0.15) is 24.2 Å². The molecule has 0 fully saturated rings. The van der Waals surface area contributed by atoms with Crippen LogP contribution in [-0.4, -0.2) is 43.4 Å².